The number of nitrogens with zero attached hydrogens (tertiary/aromatic N) is 4. The highest BCUT2D eigenvalue weighted by atomic mass is 19.1. The van der Waals surface area contributed by atoms with E-state index in [2.05, 4.69) is 10.2 Å². The number of amides is 1. The molecule has 0 unspecified atom stereocenters. The van der Waals surface area contributed by atoms with Gasteiger partial charge in [0.2, 0.25) is 0 Å². The SMILES string of the molecule is Cc1cccc(C(=O)N2[C@H]3COC[C@@H]2c2nnc(-c4ccc(F)cc4)n2C3)c1F. The molecule has 1 aromatic heterocycles. The Kier molecular flexibility index (Phi) is 4.16. The van der Waals surface area contributed by atoms with Crippen LogP contribution < -0.4 is 0 Å². The van der Waals surface area contributed by atoms with Crippen LogP contribution >= 0.6 is 0 Å². The van der Waals surface area contributed by atoms with Crippen molar-refractivity contribution >= 4 is 5.91 Å². The number of carbonyl (C=O) groups excluding carboxylic acids is 1. The number of carbonyl (C=O) groups is 1. The van der Waals surface area contributed by atoms with E-state index in [4.69, 9.17) is 4.74 Å². The molecule has 6 nitrogen and oxygen atoms in total. The van der Waals surface area contributed by atoms with E-state index in [1.807, 2.05) is 4.57 Å². The van der Waals surface area contributed by atoms with Crippen molar-refractivity contribution in [2.45, 2.75) is 25.6 Å². The van der Waals surface area contributed by atoms with Crippen molar-refractivity contribution in [1.29, 1.82) is 0 Å². The van der Waals surface area contributed by atoms with Crippen molar-refractivity contribution in [1.82, 2.24) is 19.7 Å². The van der Waals surface area contributed by atoms with Crippen molar-refractivity contribution in [2.24, 2.45) is 0 Å². The molecular formula is C21H18F2N4O2. The Labute approximate surface area is 165 Å². The van der Waals surface area contributed by atoms with Crippen LogP contribution in [0.15, 0.2) is 42.5 Å². The van der Waals surface area contributed by atoms with Gasteiger partial charge in [0.1, 0.15) is 17.7 Å². The van der Waals surface area contributed by atoms with Crippen molar-refractivity contribution in [3.05, 3.63) is 71.1 Å². The van der Waals surface area contributed by atoms with Crippen LogP contribution in [0.5, 0.6) is 0 Å². The Balaban J connectivity index is 1.55. The third kappa shape index (κ3) is 2.82. The summed E-state index contributed by atoms with van der Waals surface area (Å²) in [5.74, 6) is -0.000563. The summed E-state index contributed by atoms with van der Waals surface area (Å²) in [4.78, 5) is 14.9. The maximum atomic E-state index is 14.6. The van der Waals surface area contributed by atoms with Gasteiger partial charge in [0.25, 0.3) is 5.91 Å². The zero-order valence-electron chi connectivity index (χ0n) is 15.7. The van der Waals surface area contributed by atoms with Crippen molar-refractivity contribution in [3.8, 4) is 11.4 Å². The highest BCUT2D eigenvalue weighted by Crippen LogP contribution is 2.36. The lowest BCUT2D eigenvalue weighted by Gasteiger charge is -2.45. The fourth-order valence-electron chi connectivity index (χ4n) is 4.09. The molecule has 2 aliphatic rings. The molecule has 5 rings (SSSR count). The van der Waals surface area contributed by atoms with Gasteiger partial charge in [-0.15, -0.1) is 10.2 Å². The predicted octanol–water partition coefficient (Wildman–Crippen LogP) is 3.13. The molecule has 8 heteroatoms. The standard InChI is InChI=1S/C21H18F2N4O2/c1-12-3-2-4-16(18(12)23)21(28)27-15-9-26-19(13-5-7-14(22)8-6-13)24-25-20(26)17(27)11-29-10-15/h2-8,15,17H,9-11H2,1H3/t15-,17-/m1/s1. The average molecular weight is 396 g/mol. The first-order valence-electron chi connectivity index (χ1n) is 9.39. The van der Waals surface area contributed by atoms with Gasteiger partial charge in [-0.1, -0.05) is 12.1 Å². The molecule has 2 atom stereocenters. The number of rotatable bonds is 2. The van der Waals surface area contributed by atoms with Crippen molar-refractivity contribution in [2.75, 3.05) is 13.2 Å². The lowest BCUT2D eigenvalue weighted by atomic mass is 10.0. The van der Waals surface area contributed by atoms with Crippen LogP contribution in [0, 0.1) is 18.6 Å². The maximum Gasteiger partial charge on any atom is 0.257 e. The lowest BCUT2D eigenvalue weighted by Crippen LogP contribution is -2.56. The second kappa shape index (κ2) is 6.73. The van der Waals surface area contributed by atoms with E-state index in [0.717, 1.165) is 5.56 Å². The van der Waals surface area contributed by atoms with Gasteiger partial charge < -0.3 is 14.2 Å². The topological polar surface area (TPSA) is 60.3 Å². The Bertz CT molecular complexity index is 1100. The van der Waals surface area contributed by atoms with E-state index in [1.165, 1.54) is 18.2 Å². The predicted molar refractivity (Wildman–Crippen MR) is 100 cm³/mol. The van der Waals surface area contributed by atoms with E-state index >= 15 is 0 Å². The van der Waals surface area contributed by atoms with Gasteiger partial charge >= 0.3 is 0 Å². The number of aryl methyl sites for hydroxylation is 1. The van der Waals surface area contributed by atoms with E-state index in [0.29, 0.717) is 30.4 Å². The van der Waals surface area contributed by atoms with Gasteiger partial charge in [-0.25, -0.2) is 8.78 Å². The van der Waals surface area contributed by atoms with Gasteiger partial charge in [-0.05, 0) is 42.8 Å². The van der Waals surface area contributed by atoms with Crippen molar-refractivity contribution < 1.29 is 18.3 Å². The summed E-state index contributed by atoms with van der Waals surface area (Å²) >= 11 is 0. The molecule has 2 aliphatic heterocycles. The average Bonchev–Trinajstić information content (AvgIpc) is 3.13. The zero-order valence-corrected chi connectivity index (χ0v) is 15.7. The Morgan fingerprint density at radius 2 is 1.90 bits per heavy atom. The summed E-state index contributed by atoms with van der Waals surface area (Å²) in [5.41, 5.74) is 1.22. The first-order chi connectivity index (χ1) is 14.0. The number of benzene rings is 2. The molecule has 2 bridgehead atoms. The van der Waals surface area contributed by atoms with E-state index in [1.54, 1.807) is 36.1 Å². The van der Waals surface area contributed by atoms with E-state index < -0.39 is 11.9 Å². The first kappa shape index (κ1) is 17.9. The molecule has 3 heterocycles. The fourth-order valence-corrected chi connectivity index (χ4v) is 4.09. The minimum atomic E-state index is -0.504. The Morgan fingerprint density at radius 1 is 1.10 bits per heavy atom. The molecule has 148 valence electrons. The summed E-state index contributed by atoms with van der Waals surface area (Å²) in [6.45, 7) is 2.66. The summed E-state index contributed by atoms with van der Waals surface area (Å²) < 4.78 is 35.5. The normalized spacial score (nSPS) is 20.4. The molecule has 0 N–H and O–H groups in total. The van der Waals surface area contributed by atoms with Crippen LogP contribution in [-0.2, 0) is 11.3 Å². The number of halogens is 2. The number of hydrogen-bond acceptors (Lipinski definition) is 4. The molecule has 1 fully saturated rings. The van der Waals surface area contributed by atoms with E-state index in [9.17, 15) is 13.6 Å². The fraction of sp³-hybridized carbons (Fsp3) is 0.286. The first-order valence-corrected chi connectivity index (χ1v) is 9.39. The number of hydrogen-bond donors (Lipinski definition) is 0. The summed E-state index contributed by atoms with van der Waals surface area (Å²) in [5, 5.41) is 8.57. The third-order valence-electron chi connectivity index (χ3n) is 5.55. The monoisotopic (exact) mass is 396 g/mol. The molecular weight excluding hydrogens is 378 g/mol. The van der Waals surface area contributed by atoms with Crippen LogP contribution in [0.2, 0.25) is 0 Å². The number of ether oxygens (including phenoxy) is 1. The van der Waals surface area contributed by atoms with E-state index in [-0.39, 0.29) is 29.9 Å². The number of fused-ring (bicyclic) bond motifs is 4. The Morgan fingerprint density at radius 3 is 2.69 bits per heavy atom. The zero-order chi connectivity index (χ0) is 20.1. The minimum Gasteiger partial charge on any atom is -0.377 e. The lowest BCUT2D eigenvalue weighted by molar-refractivity contribution is -0.0571. The van der Waals surface area contributed by atoms with Crippen molar-refractivity contribution in [3.63, 3.8) is 0 Å². The van der Waals surface area contributed by atoms with Gasteiger partial charge in [0, 0.05) is 12.1 Å². The molecule has 0 saturated carbocycles. The van der Waals surface area contributed by atoms with Gasteiger partial charge in [0.15, 0.2) is 11.6 Å². The summed E-state index contributed by atoms with van der Waals surface area (Å²) in [7, 11) is 0. The molecule has 0 radical (unpaired) electrons. The summed E-state index contributed by atoms with van der Waals surface area (Å²) in [6.07, 6.45) is 0. The number of aromatic nitrogens is 3. The van der Waals surface area contributed by atoms with Crippen LogP contribution in [0.4, 0.5) is 8.78 Å². The molecule has 2 aromatic carbocycles. The second-order valence-electron chi connectivity index (χ2n) is 7.36. The quantitative estimate of drug-likeness (QED) is 0.668. The van der Waals surface area contributed by atoms with Gasteiger partial charge in [-0.3, -0.25) is 4.79 Å². The van der Waals surface area contributed by atoms with Crippen LogP contribution in [0.1, 0.15) is 27.8 Å². The summed E-state index contributed by atoms with van der Waals surface area (Å²) in [6, 6.07) is 10.1. The second-order valence-corrected chi connectivity index (χ2v) is 7.36. The molecule has 0 spiro atoms. The largest absolute Gasteiger partial charge is 0.377 e. The highest BCUT2D eigenvalue weighted by Gasteiger charge is 2.44. The van der Waals surface area contributed by atoms with Gasteiger partial charge in [0.05, 0.1) is 24.8 Å². The molecule has 0 aliphatic carbocycles. The van der Waals surface area contributed by atoms with Crippen LogP contribution in [0.3, 0.4) is 0 Å². The molecule has 3 aromatic rings. The number of morpholine rings is 1. The molecule has 29 heavy (non-hydrogen) atoms. The molecule has 1 saturated heterocycles. The highest BCUT2D eigenvalue weighted by molar-refractivity contribution is 5.95. The molecule has 1 amide bonds. The van der Waals surface area contributed by atoms with Crippen LogP contribution in [0.25, 0.3) is 11.4 Å². The minimum absolute atomic E-state index is 0.0497. The van der Waals surface area contributed by atoms with Gasteiger partial charge in [-0.2, -0.15) is 0 Å². The third-order valence-corrected chi connectivity index (χ3v) is 5.55. The smallest absolute Gasteiger partial charge is 0.257 e. The van der Waals surface area contributed by atoms with Crippen LogP contribution in [-0.4, -0.2) is 44.8 Å². The Hall–Kier alpha value is -3.13. The maximum absolute atomic E-state index is 14.6.